The van der Waals surface area contributed by atoms with Crippen LogP contribution >= 0.6 is 0 Å². The molecule has 0 saturated heterocycles. The normalized spacial score (nSPS) is 13.0. The summed E-state index contributed by atoms with van der Waals surface area (Å²) in [5.74, 6) is 0. The van der Waals surface area contributed by atoms with E-state index < -0.39 is 0 Å². The van der Waals surface area contributed by atoms with Crippen molar-refractivity contribution in [2.75, 3.05) is 4.90 Å². The van der Waals surface area contributed by atoms with E-state index in [1.807, 2.05) is 0 Å². The van der Waals surface area contributed by atoms with Crippen LogP contribution in [-0.2, 0) is 5.41 Å². The minimum atomic E-state index is -0.347. The van der Waals surface area contributed by atoms with Gasteiger partial charge in [-0.2, -0.15) is 0 Å². The van der Waals surface area contributed by atoms with Crippen molar-refractivity contribution in [1.29, 1.82) is 0 Å². The van der Waals surface area contributed by atoms with Crippen molar-refractivity contribution in [3.8, 4) is 44.5 Å². The summed E-state index contributed by atoms with van der Waals surface area (Å²) in [6.07, 6.45) is 0. The first-order chi connectivity index (χ1) is 26.8. The highest BCUT2D eigenvalue weighted by atomic mass is 15.1. The lowest BCUT2D eigenvalue weighted by molar-refractivity contribution is 0.794. The van der Waals surface area contributed by atoms with Gasteiger partial charge in [0.15, 0.2) is 0 Å². The van der Waals surface area contributed by atoms with E-state index in [4.69, 9.17) is 0 Å². The molecule has 0 saturated carbocycles. The third-order valence-electron chi connectivity index (χ3n) is 11.7. The molecule has 0 N–H and O–H groups in total. The predicted octanol–water partition coefficient (Wildman–Crippen LogP) is 14.0. The molecule has 0 radical (unpaired) electrons. The Morgan fingerprint density at radius 1 is 0.278 bits per heavy atom. The molecule has 0 bridgehead atoms. The first-order valence-electron chi connectivity index (χ1n) is 18.8. The minimum absolute atomic E-state index is 0.347. The second-order valence-corrected chi connectivity index (χ2v) is 14.4. The summed E-state index contributed by atoms with van der Waals surface area (Å²) in [7, 11) is 0. The zero-order chi connectivity index (χ0) is 35.6. The van der Waals surface area contributed by atoms with Crippen molar-refractivity contribution in [3.05, 3.63) is 235 Å². The molecule has 0 aliphatic heterocycles. The maximum Gasteiger partial charge on any atom is 0.0725 e. The lowest BCUT2D eigenvalue weighted by atomic mass is 9.70. The number of hydrogen-bond donors (Lipinski definition) is 0. The highest BCUT2D eigenvalue weighted by molar-refractivity contribution is 5.98. The third-order valence-corrected chi connectivity index (χ3v) is 11.7. The van der Waals surface area contributed by atoms with Crippen molar-refractivity contribution >= 4 is 27.8 Å². The topological polar surface area (TPSA) is 3.24 Å². The van der Waals surface area contributed by atoms with E-state index >= 15 is 0 Å². The van der Waals surface area contributed by atoms with Crippen LogP contribution in [0.25, 0.3) is 55.3 Å². The molecule has 0 heterocycles. The van der Waals surface area contributed by atoms with Crippen LogP contribution in [0.15, 0.2) is 212 Å². The summed E-state index contributed by atoms with van der Waals surface area (Å²) in [6, 6.07) is 78.0. The summed E-state index contributed by atoms with van der Waals surface area (Å²) in [5.41, 5.74) is 18.6. The average molecular weight is 686 g/mol. The maximum absolute atomic E-state index is 2.42. The second-order valence-electron chi connectivity index (χ2n) is 14.4. The number of nitrogens with zero attached hydrogens (tertiary/aromatic N) is 1. The van der Waals surface area contributed by atoms with Gasteiger partial charge in [0.25, 0.3) is 0 Å². The maximum atomic E-state index is 2.42. The van der Waals surface area contributed by atoms with Gasteiger partial charge in [-0.1, -0.05) is 176 Å². The minimum Gasteiger partial charge on any atom is -0.310 e. The summed E-state index contributed by atoms with van der Waals surface area (Å²) in [6.45, 7) is 0. The van der Waals surface area contributed by atoms with Gasteiger partial charge in [-0.25, -0.2) is 0 Å². The fourth-order valence-corrected chi connectivity index (χ4v) is 9.37. The molecule has 0 unspecified atom stereocenters. The van der Waals surface area contributed by atoms with Crippen LogP contribution in [0, 0.1) is 0 Å². The molecule has 9 aromatic rings. The Bertz CT molecular complexity index is 2820. The number of anilines is 3. The molecular formula is C53H35N. The number of para-hydroxylation sites is 1. The van der Waals surface area contributed by atoms with Gasteiger partial charge in [0.2, 0.25) is 0 Å². The van der Waals surface area contributed by atoms with E-state index in [1.165, 1.54) is 77.5 Å². The lowest BCUT2D eigenvalue weighted by Crippen LogP contribution is -2.25. The number of hydrogen-bond acceptors (Lipinski definition) is 1. The molecule has 0 aromatic heterocycles. The largest absolute Gasteiger partial charge is 0.310 e. The summed E-state index contributed by atoms with van der Waals surface area (Å²) in [5, 5.41) is 2.54. The van der Waals surface area contributed by atoms with Gasteiger partial charge in [0.05, 0.1) is 5.41 Å². The van der Waals surface area contributed by atoms with Crippen molar-refractivity contribution in [2.24, 2.45) is 0 Å². The fourth-order valence-electron chi connectivity index (χ4n) is 9.37. The Hall–Kier alpha value is -6.96. The first kappa shape index (κ1) is 30.6. The SMILES string of the molecule is c1ccc(N(c2ccc(-c3ccc(-c4cccc5ccccc45)cc3)cc2)c2ccc3c(c2)-c2ccccc2C32c3ccccc3-c3ccccc32)cc1. The van der Waals surface area contributed by atoms with Gasteiger partial charge in [-0.3, -0.25) is 0 Å². The molecule has 1 spiro atoms. The van der Waals surface area contributed by atoms with E-state index in [2.05, 4.69) is 217 Å². The van der Waals surface area contributed by atoms with Gasteiger partial charge in [-0.15, -0.1) is 0 Å². The van der Waals surface area contributed by atoms with Crippen LogP contribution in [-0.4, -0.2) is 0 Å². The highest BCUT2D eigenvalue weighted by Gasteiger charge is 2.51. The molecule has 0 atom stereocenters. The smallest absolute Gasteiger partial charge is 0.0725 e. The Morgan fingerprint density at radius 2 is 0.722 bits per heavy atom. The number of benzene rings is 9. The zero-order valence-corrected chi connectivity index (χ0v) is 29.7. The lowest BCUT2D eigenvalue weighted by Gasteiger charge is -2.31. The Labute approximate surface area is 316 Å². The van der Waals surface area contributed by atoms with Crippen molar-refractivity contribution in [3.63, 3.8) is 0 Å². The summed E-state index contributed by atoms with van der Waals surface area (Å²) < 4.78 is 0. The summed E-state index contributed by atoms with van der Waals surface area (Å²) in [4.78, 5) is 2.39. The van der Waals surface area contributed by atoms with Crippen molar-refractivity contribution < 1.29 is 0 Å². The van der Waals surface area contributed by atoms with Crippen LogP contribution in [0.4, 0.5) is 17.1 Å². The molecule has 252 valence electrons. The van der Waals surface area contributed by atoms with E-state index in [0.717, 1.165) is 17.1 Å². The molecule has 1 nitrogen and oxygen atoms in total. The molecule has 0 fully saturated rings. The Balaban J connectivity index is 1.01. The van der Waals surface area contributed by atoms with Gasteiger partial charge in [0.1, 0.15) is 0 Å². The Morgan fingerprint density at radius 3 is 1.39 bits per heavy atom. The molecule has 9 aromatic carbocycles. The third kappa shape index (κ3) is 4.45. The van der Waals surface area contributed by atoms with Crippen molar-refractivity contribution in [2.45, 2.75) is 5.41 Å². The monoisotopic (exact) mass is 685 g/mol. The van der Waals surface area contributed by atoms with Gasteiger partial charge >= 0.3 is 0 Å². The van der Waals surface area contributed by atoms with E-state index in [9.17, 15) is 0 Å². The predicted molar refractivity (Wildman–Crippen MR) is 226 cm³/mol. The average Bonchev–Trinajstić information content (AvgIpc) is 3.71. The van der Waals surface area contributed by atoms with E-state index in [0.29, 0.717) is 0 Å². The standard InChI is InChI=1S/C53H35N/c1-2-15-40(16-3-1)54(41-31-29-37(30-32-41)36-25-27-39(28-26-36)44-21-12-14-38-13-4-5-17-43(38)44)42-33-34-52-48(35-42)47-20-8-11-24-51(47)53(52)49-22-9-6-18-45(49)46-19-7-10-23-50(46)53/h1-35H. The van der Waals surface area contributed by atoms with Crippen LogP contribution in [0.5, 0.6) is 0 Å². The molecule has 54 heavy (non-hydrogen) atoms. The van der Waals surface area contributed by atoms with Gasteiger partial charge in [0, 0.05) is 17.1 Å². The zero-order valence-electron chi connectivity index (χ0n) is 29.7. The van der Waals surface area contributed by atoms with Gasteiger partial charge < -0.3 is 4.90 Å². The number of rotatable bonds is 5. The fraction of sp³-hybridized carbons (Fsp3) is 0.0189. The molecule has 1 heteroatoms. The molecule has 2 aliphatic rings. The quantitative estimate of drug-likeness (QED) is 0.174. The van der Waals surface area contributed by atoms with E-state index in [-0.39, 0.29) is 5.41 Å². The van der Waals surface area contributed by atoms with Crippen LogP contribution in [0.1, 0.15) is 22.3 Å². The van der Waals surface area contributed by atoms with Crippen LogP contribution in [0.3, 0.4) is 0 Å². The number of fused-ring (bicyclic) bond motifs is 11. The first-order valence-corrected chi connectivity index (χ1v) is 18.8. The van der Waals surface area contributed by atoms with E-state index in [1.54, 1.807) is 0 Å². The van der Waals surface area contributed by atoms with Crippen molar-refractivity contribution in [1.82, 2.24) is 0 Å². The van der Waals surface area contributed by atoms with Crippen LogP contribution in [0.2, 0.25) is 0 Å². The Kier molecular flexibility index (Phi) is 6.84. The highest BCUT2D eigenvalue weighted by Crippen LogP contribution is 2.63. The molecule has 0 amide bonds. The van der Waals surface area contributed by atoms with Gasteiger partial charge in [-0.05, 0) is 114 Å². The summed E-state index contributed by atoms with van der Waals surface area (Å²) >= 11 is 0. The molecule has 2 aliphatic carbocycles. The molecular weight excluding hydrogens is 651 g/mol. The molecule has 11 rings (SSSR count). The van der Waals surface area contributed by atoms with Crippen LogP contribution < -0.4 is 4.90 Å². The second kappa shape index (κ2) is 12.0.